The predicted octanol–water partition coefficient (Wildman–Crippen LogP) is 4.00. The molecule has 1 aromatic rings. The molecule has 1 heteroatoms. The number of aryl methyl sites for hydroxylation is 2. The molecular weight excluding hydrogens is 184 g/mol. The third-order valence-corrected chi connectivity index (χ3v) is 2.63. The second kappa shape index (κ2) is 4.26. The van der Waals surface area contributed by atoms with E-state index >= 15 is 0 Å². The Bertz CT molecular complexity index is 345. The van der Waals surface area contributed by atoms with Crippen LogP contribution in [0.4, 0.5) is 0 Å². The average Bonchev–Trinajstić information content (AvgIpc) is 2.09. The fourth-order valence-electron chi connectivity index (χ4n) is 1.91. The lowest BCUT2D eigenvalue weighted by Gasteiger charge is -2.23. The SMILES string of the molecule is CCOc1cc(C)c(C(C)(C)C)cc1C. The highest BCUT2D eigenvalue weighted by atomic mass is 16.5. The Morgan fingerprint density at radius 1 is 1.07 bits per heavy atom. The van der Waals surface area contributed by atoms with Gasteiger partial charge in [-0.1, -0.05) is 26.8 Å². The summed E-state index contributed by atoms with van der Waals surface area (Å²) in [4.78, 5) is 0. The molecule has 0 unspecified atom stereocenters. The van der Waals surface area contributed by atoms with Crippen molar-refractivity contribution in [3.63, 3.8) is 0 Å². The van der Waals surface area contributed by atoms with Crippen LogP contribution >= 0.6 is 0 Å². The van der Waals surface area contributed by atoms with Crippen molar-refractivity contribution in [1.29, 1.82) is 0 Å². The highest BCUT2D eigenvalue weighted by molar-refractivity contribution is 5.44. The molecule has 0 fully saturated rings. The molecule has 0 aliphatic rings. The minimum Gasteiger partial charge on any atom is -0.494 e. The van der Waals surface area contributed by atoms with Gasteiger partial charge in [-0.25, -0.2) is 0 Å². The van der Waals surface area contributed by atoms with Gasteiger partial charge in [0, 0.05) is 0 Å². The molecule has 84 valence electrons. The highest BCUT2D eigenvalue weighted by Crippen LogP contribution is 2.30. The second-order valence-electron chi connectivity index (χ2n) is 5.12. The van der Waals surface area contributed by atoms with Crippen molar-refractivity contribution in [2.24, 2.45) is 0 Å². The Morgan fingerprint density at radius 3 is 2.13 bits per heavy atom. The Morgan fingerprint density at radius 2 is 1.67 bits per heavy atom. The van der Waals surface area contributed by atoms with Gasteiger partial charge in [0.2, 0.25) is 0 Å². The molecule has 0 spiro atoms. The van der Waals surface area contributed by atoms with Crippen LogP contribution in [0.1, 0.15) is 44.4 Å². The summed E-state index contributed by atoms with van der Waals surface area (Å²) in [6, 6.07) is 4.40. The lowest BCUT2D eigenvalue weighted by Crippen LogP contribution is -2.13. The van der Waals surface area contributed by atoms with Crippen molar-refractivity contribution in [3.8, 4) is 5.75 Å². The summed E-state index contributed by atoms with van der Waals surface area (Å²) in [5.74, 6) is 1.02. The molecule has 15 heavy (non-hydrogen) atoms. The minimum absolute atomic E-state index is 0.208. The Hall–Kier alpha value is -0.980. The predicted molar refractivity (Wildman–Crippen MR) is 65.8 cm³/mol. The van der Waals surface area contributed by atoms with Gasteiger partial charge < -0.3 is 4.74 Å². The lowest BCUT2D eigenvalue weighted by atomic mass is 9.83. The number of hydrogen-bond donors (Lipinski definition) is 0. The minimum atomic E-state index is 0.208. The number of hydrogen-bond acceptors (Lipinski definition) is 1. The normalized spacial score (nSPS) is 11.6. The first-order valence-corrected chi connectivity index (χ1v) is 5.60. The zero-order valence-corrected chi connectivity index (χ0v) is 10.8. The van der Waals surface area contributed by atoms with Gasteiger partial charge >= 0.3 is 0 Å². The summed E-state index contributed by atoms with van der Waals surface area (Å²) in [5.41, 5.74) is 4.16. The van der Waals surface area contributed by atoms with E-state index in [1.165, 1.54) is 16.7 Å². The van der Waals surface area contributed by atoms with Gasteiger partial charge in [-0.2, -0.15) is 0 Å². The van der Waals surface area contributed by atoms with Crippen molar-refractivity contribution in [1.82, 2.24) is 0 Å². The van der Waals surface area contributed by atoms with Crippen LogP contribution in [0, 0.1) is 13.8 Å². The average molecular weight is 206 g/mol. The zero-order valence-electron chi connectivity index (χ0n) is 10.8. The molecule has 0 heterocycles. The molecule has 0 radical (unpaired) electrons. The van der Waals surface area contributed by atoms with Gasteiger partial charge in [0.1, 0.15) is 5.75 Å². The second-order valence-corrected chi connectivity index (χ2v) is 5.12. The number of benzene rings is 1. The summed E-state index contributed by atoms with van der Waals surface area (Å²) in [6.45, 7) is 13.8. The third kappa shape index (κ3) is 2.74. The van der Waals surface area contributed by atoms with Crippen molar-refractivity contribution >= 4 is 0 Å². The first kappa shape index (κ1) is 12.1. The van der Waals surface area contributed by atoms with Gasteiger partial charge in [0.25, 0.3) is 0 Å². The Balaban J connectivity index is 3.20. The van der Waals surface area contributed by atoms with E-state index in [9.17, 15) is 0 Å². The largest absolute Gasteiger partial charge is 0.494 e. The zero-order chi connectivity index (χ0) is 11.6. The highest BCUT2D eigenvalue weighted by Gasteiger charge is 2.17. The van der Waals surface area contributed by atoms with Crippen LogP contribution in [-0.4, -0.2) is 6.61 Å². The van der Waals surface area contributed by atoms with E-state index < -0.39 is 0 Å². The van der Waals surface area contributed by atoms with Crippen LogP contribution in [0.3, 0.4) is 0 Å². The molecule has 1 nitrogen and oxygen atoms in total. The standard InChI is InChI=1S/C14H22O/c1-7-15-13-9-10(2)12(8-11(13)3)14(4,5)6/h8-9H,7H2,1-6H3. The first-order chi connectivity index (χ1) is 6.86. The number of ether oxygens (including phenoxy) is 1. The van der Waals surface area contributed by atoms with Crippen LogP contribution in [0.15, 0.2) is 12.1 Å². The van der Waals surface area contributed by atoms with Gasteiger partial charge in [0.05, 0.1) is 6.61 Å². The quantitative estimate of drug-likeness (QED) is 0.710. The first-order valence-electron chi connectivity index (χ1n) is 5.60. The Kier molecular flexibility index (Phi) is 3.43. The van der Waals surface area contributed by atoms with Gasteiger partial charge in [-0.3, -0.25) is 0 Å². The molecule has 0 aromatic heterocycles. The van der Waals surface area contributed by atoms with E-state index in [2.05, 4.69) is 46.8 Å². The third-order valence-electron chi connectivity index (χ3n) is 2.63. The Labute approximate surface area is 93.5 Å². The van der Waals surface area contributed by atoms with E-state index in [4.69, 9.17) is 4.74 Å². The van der Waals surface area contributed by atoms with E-state index in [1.54, 1.807) is 0 Å². The van der Waals surface area contributed by atoms with Gasteiger partial charge in [0.15, 0.2) is 0 Å². The van der Waals surface area contributed by atoms with Crippen LogP contribution in [0.5, 0.6) is 5.75 Å². The summed E-state index contributed by atoms with van der Waals surface area (Å²) < 4.78 is 5.59. The van der Waals surface area contributed by atoms with Crippen molar-refractivity contribution < 1.29 is 4.74 Å². The lowest BCUT2D eigenvalue weighted by molar-refractivity contribution is 0.337. The van der Waals surface area contributed by atoms with Crippen LogP contribution < -0.4 is 4.74 Å². The molecule has 0 N–H and O–H groups in total. The smallest absolute Gasteiger partial charge is 0.122 e. The molecular formula is C14H22O. The molecule has 0 saturated carbocycles. The molecule has 1 aromatic carbocycles. The molecule has 0 aliphatic carbocycles. The van der Waals surface area contributed by atoms with Gasteiger partial charge in [-0.15, -0.1) is 0 Å². The summed E-state index contributed by atoms with van der Waals surface area (Å²) in [7, 11) is 0. The molecule has 0 saturated heterocycles. The summed E-state index contributed by atoms with van der Waals surface area (Å²) >= 11 is 0. The van der Waals surface area contributed by atoms with E-state index in [0.29, 0.717) is 0 Å². The summed E-state index contributed by atoms with van der Waals surface area (Å²) in [6.07, 6.45) is 0. The maximum absolute atomic E-state index is 5.59. The van der Waals surface area contributed by atoms with E-state index in [-0.39, 0.29) is 5.41 Å². The summed E-state index contributed by atoms with van der Waals surface area (Å²) in [5, 5.41) is 0. The monoisotopic (exact) mass is 206 g/mol. The maximum Gasteiger partial charge on any atom is 0.122 e. The van der Waals surface area contributed by atoms with Crippen molar-refractivity contribution in [2.45, 2.75) is 47.0 Å². The molecule has 0 bridgehead atoms. The van der Waals surface area contributed by atoms with Gasteiger partial charge in [-0.05, 0) is 48.9 Å². The molecule has 0 aliphatic heterocycles. The fraction of sp³-hybridized carbons (Fsp3) is 0.571. The fourth-order valence-corrected chi connectivity index (χ4v) is 1.91. The molecule has 0 atom stereocenters. The van der Waals surface area contributed by atoms with Crippen LogP contribution in [0.25, 0.3) is 0 Å². The van der Waals surface area contributed by atoms with Crippen LogP contribution in [-0.2, 0) is 5.41 Å². The van der Waals surface area contributed by atoms with E-state index in [1.807, 2.05) is 6.92 Å². The molecule has 1 rings (SSSR count). The van der Waals surface area contributed by atoms with Crippen molar-refractivity contribution in [2.75, 3.05) is 6.61 Å². The van der Waals surface area contributed by atoms with Crippen LogP contribution in [0.2, 0.25) is 0 Å². The number of rotatable bonds is 2. The van der Waals surface area contributed by atoms with Crippen molar-refractivity contribution in [3.05, 3.63) is 28.8 Å². The topological polar surface area (TPSA) is 9.23 Å². The maximum atomic E-state index is 5.59. The molecule has 0 amide bonds. The van der Waals surface area contributed by atoms with E-state index in [0.717, 1.165) is 12.4 Å².